The fourth-order valence-corrected chi connectivity index (χ4v) is 1.64. The molecule has 0 aliphatic heterocycles. The lowest BCUT2D eigenvalue weighted by Crippen LogP contribution is -1.99. The summed E-state index contributed by atoms with van der Waals surface area (Å²) in [5, 5.41) is 14.8. The van der Waals surface area contributed by atoms with Crippen molar-refractivity contribution in [3.8, 4) is 0 Å². The molecule has 0 radical (unpaired) electrons. The number of aromatic nitrogens is 1. The molecule has 1 aromatic heterocycles. The Labute approximate surface area is 116 Å². The van der Waals surface area contributed by atoms with E-state index in [1.165, 1.54) is 23.9 Å². The van der Waals surface area contributed by atoms with Gasteiger partial charge in [0.15, 0.2) is 0 Å². The van der Waals surface area contributed by atoms with Crippen LogP contribution in [-0.2, 0) is 6.42 Å². The van der Waals surface area contributed by atoms with Gasteiger partial charge in [-0.25, -0.2) is 4.98 Å². The molecule has 0 saturated heterocycles. The molecular weight excluding hydrogens is 256 g/mol. The Kier molecular flexibility index (Phi) is 4.39. The van der Waals surface area contributed by atoms with E-state index >= 15 is 0 Å². The Morgan fingerprint density at radius 1 is 1.35 bits per heavy atom. The van der Waals surface area contributed by atoms with Gasteiger partial charge in [0.05, 0.1) is 11.1 Å². The molecule has 0 amide bonds. The van der Waals surface area contributed by atoms with E-state index in [1.54, 1.807) is 6.21 Å². The predicted molar refractivity (Wildman–Crippen MR) is 77.9 cm³/mol. The highest BCUT2D eigenvalue weighted by Crippen LogP contribution is 2.19. The van der Waals surface area contributed by atoms with Crippen LogP contribution in [0, 0.1) is 10.1 Å². The molecule has 1 aromatic carbocycles. The van der Waals surface area contributed by atoms with Crippen molar-refractivity contribution in [2.75, 3.05) is 5.43 Å². The largest absolute Gasteiger partial charge is 0.313 e. The van der Waals surface area contributed by atoms with Gasteiger partial charge in [-0.15, -0.1) is 0 Å². The van der Waals surface area contributed by atoms with Gasteiger partial charge in [-0.1, -0.05) is 31.2 Å². The number of hydrogen-bond donors (Lipinski definition) is 1. The molecule has 1 N–H and O–H groups in total. The van der Waals surface area contributed by atoms with Gasteiger partial charge in [0, 0.05) is 12.3 Å². The maximum absolute atomic E-state index is 10.8. The van der Waals surface area contributed by atoms with Gasteiger partial charge in [0.25, 0.3) is 0 Å². The molecular formula is C14H14N4O2. The molecule has 102 valence electrons. The first kappa shape index (κ1) is 13.7. The van der Waals surface area contributed by atoms with Gasteiger partial charge >= 0.3 is 5.69 Å². The van der Waals surface area contributed by atoms with Crippen LogP contribution in [0.3, 0.4) is 0 Å². The zero-order valence-corrected chi connectivity index (χ0v) is 11.0. The standard InChI is InChI=1S/C14H14N4O2/c1-2-11-5-7-12(8-6-11)10-16-17-14-13(18(19)20)4-3-9-15-14/h3-10H,2H2,1H3,(H,15,17)/b16-10-. The molecule has 6 heteroatoms. The Balaban J connectivity index is 2.08. The van der Waals surface area contributed by atoms with Crippen molar-refractivity contribution < 1.29 is 4.92 Å². The van der Waals surface area contributed by atoms with E-state index in [4.69, 9.17) is 0 Å². The summed E-state index contributed by atoms with van der Waals surface area (Å²) in [6.07, 6.45) is 4.05. The molecule has 0 fully saturated rings. The van der Waals surface area contributed by atoms with E-state index < -0.39 is 4.92 Å². The van der Waals surface area contributed by atoms with E-state index in [0.717, 1.165) is 12.0 Å². The summed E-state index contributed by atoms with van der Waals surface area (Å²) < 4.78 is 0. The normalized spacial score (nSPS) is 10.7. The monoisotopic (exact) mass is 270 g/mol. The molecule has 0 saturated carbocycles. The SMILES string of the molecule is CCc1ccc(/C=N\Nc2ncccc2[N+](=O)[O-])cc1. The highest BCUT2D eigenvalue weighted by Gasteiger charge is 2.12. The van der Waals surface area contributed by atoms with Gasteiger partial charge < -0.3 is 0 Å². The first-order chi connectivity index (χ1) is 9.70. The van der Waals surface area contributed by atoms with Crippen LogP contribution in [0.4, 0.5) is 11.5 Å². The van der Waals surface area contributed by atoms with Gasteiger partial charge in [-0.2, -0.15) is 5.10 Å². The van der Waals surface area contributed by atoms with Gasteiger partial charge in [0.1, 0.15) is 0 Å². The summed E-state index contributed by atoms with van der Waals surface area (Å²) in [6.45, 7) is 2.09. The van der Waals surface area contributed by atoms with Crippen LogP contribution >= 0.6 is 0 Å². The third-order valence-electron chi connectivity index (χ3n) is 2.76. The molecule has 0 unspecified atom stereocenters. The van der Waals surface area contributed by atoms with Crippen LogP contribution in [0.1, 0.15) is 18.1 Å². The number of pyridine rings is 1. The molecule has 0 aliphatic carbocycles. The second-order valence-electron chi connectivity index (χ2n) is 4.09. The number of aryl methyl sites for hydroxylation is 1. The van der Waals surface area contributed by atoms with Crippen LogP contribution in [0.2, 0.25) is 0 Å². The second-order valence-corrected chi connectivity index (χ2v) is 4.09. The number of benzene rings is 1. The summed E-state index contributed by atoms with van der Waals surface area (Å²) in [7, 11) is 0. The second kappa shape index (κ2) is 6.42. The lowest BCUT2D eigenvalue weighted by atomic mass is 10.1. The van der Waals surface area contributed by atoms with E-state index in [1.807, 2.05) is 24.3 Å². The first-order valence-corrected chi connectivity index (χ1v) is 6.18. The Morgan fingerprint density at radius 2 is 2.10 bits per heavy atom. The summed E-state index contributed by atoms with van der Waals surface area (Å²) in [5.74, 6) is 0.124. The minimum Gasteiger partial charge on any atom is -0.258 e. The summed E-state index contributed by atoms with van der Waals surface area (Å²) >= 11 is 0. The van der Waals surface area contributed by atoms with Crippen LogP contribution < -0.4 is 5.43 Å². The van der Waals surface area contributed by atoms with Crippen molar-refractivity contribution in [2.24, 2.45) is 5.10 Å². The van der Waals surface area contributed by atoms with E-state index in [9.17, 15) is 10.1 Å². The fraction of sp³-hybridized carbons (Fsp3) is 0.143. The Bertz CT molecular complexity index is 623. The van der Waals surface area contributed by atoms with Crippen molar-refractivity contribution >= 4 is 17.7 Å². The molecule has 2 aromatic rings. The van der Waals surface area contributed by atoms with Crippen molar-refractivity contribution in [3.05, 3.63) is 63.8 Å². The minimum absolute atomic E-state index is 0.106. The molecule has 1 heterocycles. The number of nitro groups is 1. The van der Waals surface area contributed by atoms with Gasteiger partial charge in [0.2, 0.25) is 5.82 Å². The lowest BCUT2D eigenvalue weighted by Gasteiger charge is -2.00. The number of hydrogen-bond acceptors (Lipinski definition) is 5. The molecule has 0 spiro atoms. The van der Waals surface area contributed by atoms with Gasteiger partial charge in [-0.3, -0.25) is 15.5 Å². The average Bonchev–Trinajstić information content (AvgIpc) is 2.48. The summed E-state index contributed by atoms with van der Waals surface area (Å²) in [5.41, 5.74) is 4.64. The average molecular weight is 270 g/mol. The maximum Gasteiger partial charge on any atom is 0.313 e. The van der Waals surface area contributed by atoms with Crippen molar-refractivity contribution in [2.45, 2.75) is 13.3 Å². The van der Waals surface area contributed by atoms with Gasteiger partial charge in [-0.05, 0) is 23.6 Å². The summed E-state index contributed by atoms with van der Waals surface area (Å²) in [6, 6.07) is 10.8. The first-order valence-electron chi connectivity index (χ1n) is 6.18. The molecule has 0 bridgehead atoms. The van der Waals surface area contributed by atoms with E-state index in [2.05, 4.69) is 22.4 Å². The highest BCUT2D eigenvalue weighted by atomic mass is 16.6. The molecule has 20 heavy (non-hydrogen) atoms. The Hall–Kier alpha value is -2.76. The minimum atomic E-state index is -0.499. The van der Waals surface area contributed by atoms with Crippen LogP contribution in [0.5, 0.6) is 0 Å². The third kappa shape index (κ3) is 3.38. The Morgan fingerprint density at radius 3 is 2.75 bits per heavy atom. The molecule has 6 nitrogen and oxygen atoms in total. The maximum atomic E-state index is 10.8. The zero-order valence-electron chi connectivity index (χ0n) is 11.0. The number of hydrazone groups is 1. The third-order valence-corrected chi connectivity index (χ3v) is 2.76. The van der Waals surface area contributed by atoms with Crippen LogP contribution in [0.15, 0.2) is 47.7 Å². The zero-order chi connectivity index (χ0) is 14.4. The topological polar surface area (TPSA) is 80.4 Å². The van der Waals surface area contributed by atoms with E-state index in [-0.39, 0.29) is 11.5 Å². The lowest BCUT2D eigenvalue weighted by molar-refractivity contribution is -0.384. The molecule has 0 atom stereocenters. The molecule has 0 aliphatic rings. The molecule has 2 rings (SSSR count). The fourth-order valence-electron chi connectivity index (χ4n) is 1.64. The number of anilines is 1. The van der Waals surface area contributed by atoms with Crippen molar-refractivity contribution in [1.29, 1.82) is 0 Å². The quantitative estimate of drug-likeness (QED) is 0.514. The number of rotatable bonds is 5. The number of nitrogens with zero attached hydrogens (tertiary/aromatic N) is 3. The van der Waals surface area contributed by atoms with Crippen molar-refractivity contribution in [3.63, 3.8) is 0 Å². The predicted octanol–water partition coefficient (Wildman–Crippen LogP) is 3.00. The van der Waals surface area contributed by atoms with Crippen LogP contribution in [0.25, 0.3) is 0 Å². The smallest absolute Gasteiger partial charge is 0.258 e. The van der Waals surface area contributed by atoms with Crippen molar-refractivity contribution in [1.82, 2.24) is 4.98 Å². The highest BCUT2D eigenvalue weighted by molar-refractivity contribution is 5.80. The van der Waals surface area contributed by atoms with Crippen LogP contribution in [-0.4, -0.2) is 16.1 Å². The van der Waals surface area contributed by atoms with E-state index in [0.29, 0.717) is 0 Å². The number of nitrogens with one attached hydrogen (secondary N) is 1. The summed E-state index contributed by atoms with van der Waals surface area (Å²) in [4.78, 5) is 14.2.